The highest BCUT2D eigenvalue weighted by atomic mass is 79.9. The average molecular weight is 574 g/mol. The molecular formula is C26H29BrN4O4S. The fraction of sp³-hybridized carbons (Fsp3) is 0.462. The van der Waals surface area contributed by atoms with E-state index in [1.807, 2.05) is 24.3 Å². The van der Waals surface area contributed by atoms with E-state index in [4.69, 9.17) is 9.26 Å². The number of piperidine rings is 1. The number of aromatic nitrogens is 2. The zero-order valence-electron chi connectivity index (χ0n) is 20.2. The molecular weight excluding hydrogens is 544 g/mol. The van der Waals surface area contributed by atoms with E-state index in [0.29, 0.717) is 42.0 Å². The van der Waals surface area contributed by atoms with Crippen molar-refractivity contribution in [3.8, 4) is 11.4 Å². The molecule has 2 aromatic heterocycles. The maximum Gasteiger partial charge on any atom is 0.341 e. The van der Waals surface area contributed by atoms with Crippen molar-refractivity contribution in [3.63, 3.8) is 0 Å². The standard InChI is InChI=1S/C26H29BrN4O4S/c1-2-34-26(33)22-19-10-3-4-11-20(19)36-25(22)29-24(32)17-8-6-12-31(14-17)15-21-28-23(30-35-21)16-7-5-9-18(27)13-16/h5,7,9,13,17H,2-4,6,8,10-12,14-15H2,1H3,(H,29,32). The molecule has 3 heterocycles. The van der Waals surface area contributed by atoms with Crippen LogP contribution in [0.4, 0.5) is 5.00 Å². The quantitative estimate of drug-likeness (QED) is 0.375. The van der Waals surface area contributed by atoms with Crippen molar-refractivity contribution in [2.75, 3.05) is 25.0 Å². The lowest BCUT2D eigenvalue weighted by molar-refractivity contribution is -0.121. The molecule has 1 amide bonds. The molecule has 1 aliphatic carbocycles. The number of amides is 1. The number of likely N-dealkylation sites (tertiary alicyclic amines) is 1. The molecule has 1 unspecified atom stereocenters. The van der Waals surface area contributed by atoms with Crippen LogP contribution in [0.5, 0.6) is 0 Å². The van der Waals surface area contributed by atoms with Gasteiger partial charge in [0.05, 0.1) is 24.6 Å². The smallest absolute Gasteiger partial charge is 0.341 e. The zero-order valence-corrected chi connectivity index (χ0v) is 22.6. The first kappa shape index (κ1) is 25.1. The Balaban J connectivity index is 1.25. The van der Waals surface area contributed by atoms with E-state index in [-0.39, 0.29) is 17.8 Å². The van der Waals surface area contributed by atoms with Crippen LogP contribution in [0, 0.1) is 5.92 Å². The number of esters is 1. The summed E-state index contributed by atoms with van der Waals surface area (Å²) in [5.74, 6) is 0.507. The van der Waals surface area contributed by atoms with E-state index >= 15 is 0 Å². The topological polar surface area (TPSA) is 97.6 Å². The Morgan fingerprint density at radius 3 is 2.97 bits per heavy atom. The van der Waals surface area contributed by atoms with E-state index in [2.05, 4.69) is 36.3 Å². The van der Waals surface area contributed by atoms with Crippen LogP contribution < -0.4 is 5.32 Å². The van der Waals surface area contributed by atoms with Gasteiger partial charge in [0.25, 0.3) is 0 Å². The lowest BCUT2D eigenvalue weighted by atomic mass is 9.95. The van der Waals surface area contributed by atoms with Gasteiger partial charge in [-0.1, -0.05) is 33.2 Å². The van der Waals surface area contributed by atoms with Crippen LogP contribution in [0.1, 0.15) is 59.3 Å². The fourth-order valence-corrected chi connectivity index (χ4v) is 6.64. The Morgan fingerprint density at radius 1 is 1.28 bits per heavy atom. The first-order valence-electron chi connectivity index (χ1n) is 12.4. The Bertz CT molecular complexity index is 1260. The van der Waals surface area contributed by atoms with Gasteiger partial charge in [0, 0.05) is 21.5 Å². The number of thiophene rings is 1. The molecule has 0 radical (unpaired) electrons. The van der Waals surface area contributed by atoms with Crippen molar-refractivity contribution in [1.82, 2.24) is 15.0 Å². The van der Waals surface area contributed by atoms with Gasteiger partial charge in [-0.25, -0.2) is 4.79 Å². The number of anilines is 1. The predicted molar refractivity (Wildman–Crippen MR) is 141 cm³/mol. The minimum absolute atomic E-state index is 0.0517. The summed E-state index contributed by atoms with van der Waals surface area (Å²) in [6.07, 6.45) is 5.68. The molecule has 0 saturated carbocycles. The van der Waals surface area contributed by atoms with Gasteiger partial charge in [0.1, 0.15) is 5.00 Å². The van der Waals surface area contributed by atoms with E-state index in [9.17, 15) is 9.59 Å². The van der Waals surface area contributed by atoms with Gasteiger partial charge in [0.2, 0.25) is 17.6 Å². The summed E-state index contributed by atoms with van der Waals surface area (Å²) in [6.45, 7) is 4.07. The summed E-state index contributed by atoms with van der Waals surface area (Å²) in [5, 5.41) is 7.85. The first-order chi connectivity index (χ1) is 17.5. The number of hydrogen-bond acceptors (Lipinski definition) is 8. The molecule has 0 spiro atoms. The SMILES string of the molecule is CCOC(=O)c1c(NC(=O)C2CCCN(Cc3nc(-c4cccc(Br)c4)no3)C2)sc2c1CCCC2. The number of hydrogen-bond donors (Lipinski definition) is 1. The zero-order chi connectivity index (χ0) is 25.1. The van der Waals surface area contributed by atoms with Gasteiger partial charge in [-0.2, -0.15) is 4.98 Å². The lowest BCUT2D eigenvalue weighted by Crippen LogP contribution is -2.40. The summed E-state index contributed by atoms with van der Waals surface area (Å²) < 4.78 is 11.8. The summed E-state index contributed by atoms with van der Waals surface area (Å²) in [7, 11) is 0. The molecule has 1 aliphatic heterocycles. The molecule has 2 aliphatic rings. The van der Waals surface area contributed by atoms with Crippen LogP contribution in [0.2, 0.25) is 0 Å². The van der Waals surface area contributed by atoms with Crippen LogP contribution >= 0.6 is 27.3 Å². The fourth-order valence-electron chi connectivity index (χ4n) is 4.96. The molecule has 190 valence electrons. The summed E-state index contributed by atoms with van der Waals surface area (Å²) >= 11 is 5.00. The Labute approximate surface area is 222 Å². The normalized spacial score (nSPS) is 18.0. The maximum absolute atomic E-state index is 13.3. The van der Waals surface area contributed by atoms with Crippen LogP contribution in [0.15, 0.2) is 33.3 Å². The van der Waals surface area contributed by atoms with Gasteiger partial charge in [-0.3, -0.25) is 9.69 Å². The molecule has 1 N–H and O–H groups in total. The number of carbonyl (C=O) groups excluding carboxylic acids is 2. The second-order valence-corrected chi connectivity index (χ2v) is 11.2. The third kappa shape index (κ3) is 5.55. The number of carbonyl (C=O) groups is 2. The Hall–Kier alpha value is -2.56. The van der Waals surface area contributed by atoms with Gasteiger partial charge in [-0.15, -0.1) is 11.3 Å². The number of rotatable bonds is 7. The first-order valence-corrected chi connectivity index (χ1v) is 14.1. The van der Waals surface area contributed by atoms with E-state index in [1.54, 1.807) is 6.92 Å². The molecule has 8 nitrogen and oxygen atoms in total. The number of halogens is 1. The van der Waals surface area contributed by atoms with Crippen molar-refractivity contribution in [1.29, 1.82) is 0 Å². The molecule has 3 aromatic rings. The van der Waals surface area contributed by atoms with Crippen LogP contribution in [-0.2, 0) is 28.9 Å². The molecule has 5 rings (SSSR count). The third-order valence-electron chi connectivity index (χ3n) is 6.67. The van der Waals surface area contributed by atoms with Crippen molar-refractivity contribution in [2.24, 2.45) is 5.92 Å². The predicted octanol–water partition coefficient (Wildman–Crippen LogP) is 5.47. The molecule has 10 heteroatoms. The number of aryl methyl sites for hydroxylation is 1. The minimum atomic E-state index is -0.338. The summed E-state index contributed by atoms with van der Waals surface area (Å²) in [6, 6.07) is 7.77. The van der Waals surface area contributed by atoms with Gasteiger partial charge < -0.3 is 14.6 Å². The van der Waals surface area contributed by atoms with Gasteiger partial charge in [0.15, 0.2) is 0 Å². The van der Waals surface area contributed by atoms with Crippen molar-refractivity contribution < 1.29 is 18.8 Å². The second kappa shape index (κ2) is 11.2. The highest BCUT2D eigenvalue weighted by Gasteiger charge is 2.31. The molecule has 1 fully saturated rings. The molecule has 1 atom stereocenters. The molecule has 1 aromatic carbocycles. The average Bonchev–Trinajstić information content (AvgIpc) is 3.48. The number of nitrogens with zero attached hydrogens (tertiary/aromatic N) is 3. The summed E-state index contributed by atoms with van der Waals surface area (Å²) in [4.78, 5) is 34.0. The van der Waals surface area contributed by atoms with Crippen molar-refractivity contribution >= 4 is 44.1 Å². The highest BCUT2D eigenvalue weighted by Crippen LogP contribution is 2.39. The number of nitrogens with one attached hydrogen (secondary N) is 1. The molecule has 0 bridgehead atoms. The molecule has 1 saturated heterocycles. The largest absolute Gasteiger partial charge is 0.462 e. The molecule has 36 heavy (non-hydrogen) atoms. The number of benzene rings is 1. The van der Waals surface area contributed by atoms with Gasteiger partial charge >= 0.3 is 5.97 Å². The maximum atomic E-state index is 13.3. The summed E-state index contributed by atoms with van der Waals surface area (Å²) in [5.41, 5.74) is 2.50. The van der Waals surface area contributed by atoms with E-state index < -0.39 is 0 Å². The van der Waals surface area contributed by atoms with E-state index in [1.165, 1.54) is 16.2 Å². The van der Waals surface area contributed by atoms with Crippen LogP contribution in [-0.4, -0.2) is 46.6 Å². The van der Waals surface area contributed by atoms with Crippen molar-refractivity contribution in [3.05, 3.63) is 50.6 Å². The lowest BCUT2D eigenvalue weighted by Gasteiger charge is -2.30. The number of ether oxygens (including phenoxy) is 1. The Morgan fingerprint density at radius 2 is 2.14 bits per heavy atom. The van der Waals surface area contributed by atoms with E-state index in [0.717, 1.165) is 60.7 Å². The number of fused-ring (bicyclic) bond motifs is 1. The van der Waals surface area contributed by atoms with Crippen LogP contribution in [0.3, 0.4) is 0 Å². The third-order valence-corrected chi connectivity index (χ3v) is 8.37. The van der Waals surface area contributed by atoms with Crippen LogP contribution in [0.25, 0.3) is 11.4 Å². The highest BCUT2D eigenvalue weighted by molar-refractivity contribution is 9.10. The van der Waals surface area contributed by atoms with Gasteiger partial charge in [-0.05, 0) is 69.7 Å². The monoisotopic (exact) mass is 572 g/mol. The minimum Gasteiger partial charge on any atom is -0.462 e. The Kier molecular flexibility index (Phi) is 7.83. The second-order valence-electron chi connectivity index (χ2n) is 9.22. The van der Waals surface area contributed by atoms with Crippen molar-refractivity contribution in [2.45, 2.75) is 52.0 Å².